The van der Waals surface area contributed by atoms with E-state index in [1.165, 1.54) is 16.7 Å². The molecule has 0 spiro atoms. The van der Waals surface area contributed by atoms with E-state index in [-0.39, 0.29) is 5.91 Å². The zero-order valence-corrected chi connectivity index (χ0v) is 19.8. The highest BCUT2D eigenvalue weighted by molar-refractivity contribution is 5.93. The molecule has 1 aromatic heterocycles. The van der Waals surface area contributed by atoms with Crippen molar-refractivity contribution in [2.24, 2.45) is 0 Å². The molecule has 0 radical (unpaired) electrons. The van der Waals surface area contributed by atoms with E-state index < -0.39 is 0 Å². The molecule has 2 heterocycles. The number of aromatic nitrogens is 2. The first-order valence-electron chi connectivity index (χ1n) is 11.8. The van der Waals surface area contributed by atoms with Crippen LogP contribution in [0, 0.1) is 6.92 Å². The molecule has 7 nitrogen and oxygen atoms in total. The molecule has 33 heavy (non-hydrogen) atoms. The lowest BCUT2D eigenvalue weighted by atomic mass is 10.0. The van der Waals surface area contributed by atoms with Crippen LogP contribution in [0.1, 0.15) is 36.4 Å². The number of hydrogen-bond donors (Lipinski definition) is 1. The topological polar surface area (TPSA) is 74.5 Å². The van der Waals surface area contributed by atoms with Gasteiger partial charge >= 0.3 is 0 Å². The minimum absolute atomic E-state index is 0.0543. The first kappa shape index (κ1) is 23.1. The molecule has 174 valence electrons. The summed E-state index contributed by atoms with van der Waals surface area (Å²) in [5.74, 6) is 1.30. The van der Waals surface area contributed by atoms with Gasteiger partial charge in [-0.2, -0.15) is 4.98 Å². The molecule has 7 heteroatoms. The van der Waals surface area contributed by atoms with Crippen molar-refractivity contribution in [2.75, 3.05) is 38.0 Å². The van der Waals surface area contributed by atoms with E-state index in [0.29, 0.717) is 24.8 Å². The molecule has 1 saturated heterocycles. The lowest BCUT2D eigenvalue weighted by molar-refractivity contribution is -0.117. The number of rotatable bonds is 8. The second-order valence-corrected chi connectivity index (χ2v) is 8.64. The fourth-order valence-corrected chi connectivity index (χ4v) is 4.22. The minimum atomic E-state index is 0.0543. The molecule has 1 amide bonds. The third kappa shape index (κ3) is 5.86. The number of carbonyl (C=O) groups excluding carboxylic acids is 1. The molecule has 0 aliphatic carbocycles. The number of amides is 1. The van der Waals surface area contributed by atoms with Gasteiger partial charge in [0.25, 0.3) is 0 Å². The molecule has 0 atom stereocenters. The van der Waals surface area contributed by atoms with Crippen LogP contribution in [0.4, 0.5) is 5.69 Å². The summed E-state index contributed by atoms with van der Waals surface area (Å²) in [5.41, 5.74) is 5.54. The summed E-state index contributed by atoms with van der Waals surface area (Å²) < 4.78 is 5.47. The molecular weight excluding hydrogens is 414 g/mol. The van der Waals surface area contributed by atoms with E-state index in [9.17, 15) is 4.79 Å². The van der Waals surface area contributed by atoms with E-state index in [2.05, 4.69) is 64.2 Å². The molecule has 0 saturated carbocycles. The summed E-state index contributed by atoms with van der Waals surface area (Å²) in [5, 5.41) is 7.30. The van der Waals surface area contributed by atoms with Crippen molar-refractivity contribution < 1.29 is 9.32 Å². The highest BCUT2D eigenvalue weighted by Crippen LogP contribution is 2.23. The summed E-state index contributed by atoms with van der Waals surface area (Å²) in [6.45, 7) is 10.7. The van der Waals surface area contributed by atoms with E-state index in [1.54, 1.807) is 0 Å². The zero-order valence-electron chi connectivity index (χ0n) is 19.8. The quantitative estimate of drug-likeness (QED) is 0.564. The number of piperazine rings is 1. The Balaban J connectivity index is 1.27. The van der Waals surface area contributed by atoms with Gasteiger partial charge in [0.2, 0.25) is 17.6 Å². The van der Waals surface area contributed by atoms with Crippen LogP contribution < -0.4 is 5.32 Å². The van der Waals surface area contributed by atoms with Crippen LogP contribution in [-0.2, 0) is 24.2 Å². The van der Waals surface area contributed by atoms with Gasteiger partial charge in [-0.1, -0.05) is 67.0 Å². The SMILES string of the molecule is CCc1cccc(CC)c1NC(=O)CN1CCN(Cc2nc(-c3ccc(C)cc3)no2)CC1. The normalized spacial score (nSPS) is 15.0. The van der Waals surface area contributed by atoms with Gasteiger partial charge < -0.3 is 9.84 Å². The smallest absolute Gasteiger partial charge is 0.241 e. The van der Waals surface area contributed by atoms with Crippen LogP contribution in [0.15, 0.2) is 47.0 Å². The second kappa shape index (κ2) is 10.7. The Morgan fingerprint density at radius 2 is 1.61 bits per heavy atom. The van der Waals surface area contributed by atoms with Crippen LogP contribution in [0.25, 0.3) is 11.4 Å². The largest absolute Gasteiger partial charge is 0.338 e. The highest BCUT2D eigenvalue weighted by Gasteiger charge is 2.21. The molecule has 1 aliphatic rings. The Bertz CT molecular complexity index is 1050. The first-order chi connectivity index (χ1) is 16.1. The number of anilines is 1. The third-order valence-corrected chi connectivity index (χ3v) is 6.23. The standard InChI is InChI=1S/C26H33N5O2/c1-4-20-7-6-8-21(5-2)25(20)27-23(32)17-30-13-15-31(16-14-30)18-24-28-26(29-33-24)22-11-9-19(3)10-12-22/h6-12H,4-5,13-18H2,1-3H3,(H,27,32). The third-order valence-electron chi connectivity index (χ3n) is 6.23. The second-order valence-electron chi connectivity index (χ2n) is 8.64. The van der Waals surface area contributed by atoms with Crippen molar-refractivity contribution in [3.63, 3.8) is 0 Å². The van der Waals surface area contributed by atoms with Gasteiger partial charge in [-0.15, -0.1) is 0 Å². The van der Waals surface area contributed by atoms with Crippen molar-refractivity contribution in [3.8, 4) is 11.4 Å². The maximum Gasteiger partial charge on any atom is 0.241 e. The maximum atomic E-state index is 12.7. The summed E-state index contributed by atoms with van der Waals surface area (Å²) in [7, 11) is 0. The number of nitrogens with zero attached hydrogens (tertiary/aromatic N) is 4. The molecule has 0 bridgehead atoms. The summed E-state index contributed by atoms with van der Waals surface area (Å²) in [4.78, 5) is 21.8. The van der Waals surface area contributed by atoms with E-state index in [4.69, 9.17) is 4.52 Å². The van der Waals surface area contributed by atoms with Crippen molar-refractivity contribution in [3.05, 3.63) is 65.0 Å². The van der Waals surface area contributed by atoms with E-state index >= 15 is 0 Å². The van der Waals surface area contributed by atoms with Gasteiger partial charge in [0, 0.05) is 37.4 Å². The average molecular weight is 448 g/mol. The molecule has 1 N–H and O–H groups in total. The Hall–Kier alpha value is -3.03. The summed E-state index contributed by atoms with van der Waals surface area (Å²) >= 11 is 0. The minimum Gasteiger partial charge on any atom is -0.338 e. The predicted octanol–water partition coefficient (Wildman–Crippen LogP) is 3.93. The fourth-order valence-electron chi connectivity index (χ4n) is 4.22. The average Bonchev–Trinajstić information content (AvgIpc) is 3.29. The maximum absolute atomic E-state index is 12.7. The highest BCUT2D eigenvalue weighted by atomic mass is 16.5. The van der Waals surface area contributed by atoms with Crippen LogP contribution >= 0.6 is 0 Å². The van der Waals surface area contributed by atoms with Crippen LogP contribution in [-0.4, -0.2) is 58.6 Å². The van der Waals surface area contributed by atoms with E-state index in [0.717, 1.165) is 50.3 Å². The summed E-state index contributed by atoms with van der Waals surface area (Å²) in [6, 6.07) is 14.4. The van der Waals surface area contributed by atoms with Gasteiger partial charge in [-0.25, -0.2) is 0 Å². The van der Waals surface area contributed by atoms with Crippen molar-refractivity contribution in [1.29, 1.82) is 0 Å². The number of aryl methyl sites for hydroxylation is 3. The van der Waals surface area contributed by atoms with Crippen LogP contribution in [0.5, 0.6) is 0 Å². The lowest BCUT2D eigenvalue weighted by Crippen LogP contribution is -2.48. The van der Waals surface area contributed by atoms with Crippen LogP contribution in [0.2, 0.25) is 0 Å². The van der Waals surface area contributed by atoms with Gasteiger partial charge in [0.15, 0.2) is 0 Å². The van der Waals surface area contributed by atoms with Crippen LogP contribution in [0.3, 0.4) is 0 Å². The monoisotopic (exact) mass is 447 g/mol. The van der Waals surface area contributed by atoms with Crippen molar-refractivity contribution in [1.82, 2.24) is 19.9 Å². The number of benzene rings is 2. The molecule has 1 fully saturated rings. The Kier molecular flexibility index (Phi) is 7.52. The Labute approximate surface area is 195 Å². The van der Waals surface area contributed by atoms with Crippen molar-refractivity contribution in [2.45, 2.75) is 40.2 Å². The number of hydrogen-bond acceptors (Lipinski definition) is 6. The van der Waals surface area contributed by atoms with Gasteiger partial charge in [-0.3, -0.25) is 14.6 Å². The van der Waals surface area contributed by atoms with E-state index in [1.807, 2.05) is 24.3 Å². The fraction of sp³-hybridized carbons (Fsp3) is 0.423. The molecule has 3 aromatic rings. The molecule has 1 aliphatic heterocycles. The molecule has 2 aromatic carbocycles. The lowest BCUT2D eigenvalue weighted by Gasteiger charge is -2.33. The van der Waals surface area contributed by atoms with Gasteiger partial charge in [0.1, 0.15) is 0 Å². The number of para-hydroxylation sites is 1. The predicted molar refractivity (Wildman–Crippen MR) is 130 cm³/mol. The van der Waals surface area contributed by atoms with Gasteiger partial charge in [0.05, 0.1) is 13.1 Å². The Morgan fingerprint density at radius 3 is 2.24 bits per heavy atom. The van der Waals surface area contributed by atoms with Gasteiger partial charge in [-0.05, 0) is 30.9 Å². The molecule has 4 rings (SSSR count). The molecule has 0 unspecified atom stereocenters. The van der Waals surface area contributed by atoms with Crippen molar-refractivity contribution >= 4 is 11.6 Å². The number of nitrogens with one attached hydrogen (secondary N) is 1. The summed E-state index contributed by atoms with van der Waals surface area (Å²) in [6.07, 6.45) is 1.81. The molecular formula is C26H33N5O2. The zero-order chi connectivity index (χ0) is 23.2. The number of carbonyl (C=O) groups is 1. The Morgan fingerprint density at radius 1 is 0.970 bits per heavy atom. The first-order valence-corrected chi connectivity index (χ1v) is 11.8.